The van der Waals surface area contributed by atoms with Crippen molar-refractivity contribution in [3.63, 3.8) is 0 Å². The molecule has 0 amide bonds. The number of piperidine rings is 1. The molecule has 30 heavy (non-hydrogen) atoms. The fraction of sp³-hybridized carbons (Fsp3) is 0.417. The van der Waals surface area contributed by atoms with Crippen LogP contribution in [-0.4, -0.2) is 55.9 Å². The second kappa shape index (κ2) is 10.9. The first kappa shape index (κ1) is 21.2. The van der Waals surface area contributed by atoms with E-state index in [0.717, 1.165) is 44.1 Å². The van der Waals surface area contributed by atoms with Crippen molar-refractivity contribution in [2.75, 3.05) is 43.6 Å². The molecule has 6 heteroatoms. The Hall–Kier alpha value is -1.99. The van der Waals surface area contributed by atoms with E-state index < -0.39 is 6.10 Å². The van der Waals surface area contributed by atoms with Crippen LogP contribution in [0, 0.1) is 0 Å². The number of anilines is 1. The molecular formula is C24H31N3O2S. The van der Waals surface area contributed by atoms with Crippen LogP contribution in [-0.2, 0) is 0 Å². The van der Waals surface area contributed by atoms with E-state index in [2.05, 4.69) is 45.9 Å². The molecule has 0 aromatic heterocycles. The van der Waals surface area contributed by atoms with Crippen LogP contribution in [0.3, 0.4) is 0 Å². The van der Waals surface area contributed by atoms with Gasteiger partial charge in [0, 0.05) is 48.7 Å². The highest BCUT2D eigenvalue weighted by Gasteiger charge is 2.20. The molecule has 5 nitrogen and oxygen atoms in total. The molecule has 3 N–H and O–H groups in total. The summed E-state index contributed by atoms with van der Waals surface area (Å²) in [5.74, 6) is 1.81. The van der Waals surface area contributed by atoms with Gasteiger partial charge in [-0.2, -0.15) is 0 Å². The summed E-state index contributed by atoms with van der Waals surface area (Å²) in [4.78, 5) is 3.86. The van der Waals surface area contributed by atoms with E-state index in [4.69, 9.17) is 4.74 Å². The largest absolute Gasteiger partial charge is 0.491 e. The zero-order valence-electron chi connectivity index (χ0n) is 17.3. The minimum Gasteiger partial charge on any atom is -0.491 e. The second-order valence-electron chi connectivity index (χ2n) is 7.87. The number of rotatable bonds is 8. The predicted octanol–water partition coefficient (Wildman–Crippen LogP) is 3.32. The second-order valence-corrected chi connectivity index (χ2v) is 8.97. The highest BCUT2D eigenvalue weighted by molar-refractivity contribution is 8.03. The maximum atomic E-state index is 10.2. The Kier molecular flexibility index (Phi) is 7.70. The molecule has 0 saturated carbocycles. The van der Waals surface area contributed by atoms with E-state index in [-0.39, 0.29) is 0 Å². The number of hydrogen-bond acceptors (Lipinski definition) is 6. The van der Waals surface area contributed by atoms with Crippen molar-refractivity contribution < 1.29 is 9.84 Å². The van der Waals surface area contributed by atoms with Crippen molar-refractivity contribution in [3.05, 3.63) is 65.1 Å². The standard InChI is InChI=1S/C24H31N3O2S/c28-22(17-29-23-4-2-1-3-5-23)15-26-20-10-12-27(13-11-20)21-8-6-19(7-9-21)14-24-16-25-18-30-24/h1-9,14,20,22,25-26,28H,10-13,15-18H2/t22-/m0/s1. The molecular weight excluding hydrogens is 394 g/mol. The molecule has 0 unspecified atom stereocenters. The van der Waals surface area contributed by atoms with Crippen molar-refractivity contribution >= 4 is 23.5 Å². The fourth-order valence-electron chi connectivity index (χ4n) is 3.84. The van der Waals surface area contributed by atoms with E-state index >= 15 is 0 Å². The quantitative estimate of drug-likeness (QED) is 0.603. The Morgan fingerprint density at radius 3 is 2.60 bits per heavy atom. The highest BCUT2D eigenvalue weighted by atomic mass is 32.2. The number of aliphatic hydroxyl groups is 1. The number of nitrogens with one attached hydrogen (secondary N) is 2. The number of ether oxygens (including phenoxy) is 1. The number of thioether (sulfide) groups is 1. The molecule has 2 aliphatic heterocycles. The van der Waals surface area contributed by atoms with Gasteiger partial charge in [-0.3, -0.25) is 0 Å². The topological polar surface area (TPSA) is 56.8 Å². The number of benzene rings is 2. The average molecular weight is 426 g/mol. The molecule has 0 aliphatic carbocycles. The van der Waals surface area contributed by atoms with E-state index in [9.17, 15) is 5.11 Å². The Labute approximate surface area is 183 Å². The molecule has 0 bridgehead atoms. The van der Waals surface area contributed by atoms with Gasteiger partial charge < -0.3 is 25.4 Å². The van der Waals surface area contributed by atoms with Crippen molar-refractivity contribution in [2.24, 2.45) is 0 Å². The Balaban J connectivity index is 1.17. The van der Waals surface area contributed by atoms with Gasteiger partial charge in [0.1, 0.15) is 18.5 Å². The molecule has 2 aromatic rings. The lowest BCUT2D eigenvalue weighted by Gasteiger charge is -2.34. The lowest BCUT2D eigenvalue weighted by molar-refractivity contribution is 0.102. The van der Waals surface area contributed by atoms with Gasteiger partial charge in [0.25, 0.3) is 0 Å². The lowest BCUT2D eigenvalue weighted by Crippen LogP contribution is -2.45. The predicted molar refractivity (Wildman–Crippen MR) is 126 cm³/mol. The van der Waals surface area contributed by atoms with Gasteiger partial charge in [-0.25, -0.2) is 0 Å². The average Bonchev–Trinajstić information content (AvgIpc) is 3.31. The SMILES string of the molecule is O[C@@H](CNC1CCN(c2ccc(C=C3CNCS3)cc2)CC1)COc1ccccc1. The summed E-state index contributed by atoms with van der Waals surface area (Å²) in [5, 5.41) is 17.0. The molecule has 0 radical (unpaired) electrons. The molecule has 2 aliphatic rings. The van der Waals surface area contributed by atoms with Gasteiger partial charge in [0.05, 0.1) is 0 Å². The first-order valence-corrected chi connectivity index (χ1v) is 11.7. The number of nitrogens with zero attached hydrogens (tertiary/aromatic N) is 1. The molecule has 2 saturated heterocycles. The van der Waals surface area contributed by atoms with Gasteiger partial charge in [-0.1, -0.05) is 30.3 Å². The fourth-order valence-corrected chi connectivity index (χ4v) is 4.65. The molecule has 2 heterocycles. The summed E-state index contributed by atoms with van der Waals surface area (Å²) in [7, 11) is 0. The summed E-state index contributed by atoms with van der Waals surface area (Å²) >= 11 is 1.88. The number of hydrogen-bond donors (Lipinski definition) is 3. The molecule has 2 fully saturated rings. The zero-order chi connectivity index (χ0) is 20.6. The van der Waals surface area contributed by atoms with Crippen molar-refractivity contribution in [2.45, 2.75) is 25.0 Å². The van der Waals surface area contributed by atoms with Gasteiger partial charge in [0.2, 0.25) is 0 Å². The summed E-state index contributed by atoms with van der Waals surface area (Å²) < 4.78 is 5.63. The van der Waals surface area contributed by atoms with Crippen molar-refractivity contribution in [1.82, 2.24) is 10.6 Å². The molecule has 160 valence electrons. The monoisotopic (exact) mass is 425 g/mol. The molecule has 1 atom stereocenters. The van der Waals surface area contributed by atoms with Crippen LogP contribution in [0.15, 0.2) is 59.5 Å². The van der Waals surface area contributed by atoms with Crippen LogP contribution >= 0.6 is 11.8 Å². The van der Waals surface area contributed by atoms with Crippen LogP contribution in [0.2, 0.25) is 0 Å². The minimum atomic E-state index is -0.502. The van der Waals surface area contributed by atoms with Gasteiger partial charge in [-0.15, -0.1) is 11.8 Å². The Morgan fingerprint density at radius 1 is 1.13 bits per heavy atom. The highest BCUT2D eigenvalue weighted by Crippen LogP contribution is 2.25. The summed E-state index contributed by atoms with van der Waals surface area (Å²) in [5.41, 5.74) is 2.57. The van der Waals surface area contributed by atoms with Crippen LogP contribution in [0.25, 0.3) is 6.08 Å². The van der Waals surface area contributed by atoms with E-state index in [0.29, 0.717) is 19.2 Å². The van der Waals surface area contributed by atoms with E-state index in [1.807, 2.05) is 42.1 Å². The maximum Gasteiger partial charge on any atom is 0.119 e. The molecule has 4 rings (SSSR count). The third-order valence-electron chi connectivity index (χ3n) is 5.57. The zero-order valence-corrected chi connectivity index (χ0v) is 18.1. The number of para-hydroxylation sites is 1. The maximum absolute atomic E-state index is 10.2. The molecule has 2 aromatic carbocycles. The van der Waals surface area contributed by atoms with Crippen molar-refractivity contribution in [1.29, 1.82) is 0 Å². The Morgan fingerprint density at radius 2 is 1.90 bits per heavy atom. The normalized spacial score (nSPS) is 19.9. The smallest absolute Gasteiger partial charge is 0.119 e. The first-order valence-electron chi connectivity index (χ1n) is 10.7. The Bertz CT molecular complexity index is 797. The van der Waals surface area contributed by atoms with Crippen molar-refractivity contribution in [3.8, 4) is 5.75 Å². The summed E-state index contributed by atoms with van der Waals surface area (Å²) in [6.07, 6.45) is 3.94. The summed E-state index contributed by atoms with van der Waals surface area (Å²) in [6.45, 7) is 3.93. The van der Waals surface area contributed by atoms with Crippen LogP contribution in [0.5, 0.6) is 5.75 Å². The van der Waals surface area contributed by atoms with E-state index in [1.165, 1.54) is 16.2 Å². The van der Waals surface area contributed by atoms with Gasteiger partial charge in [0.15, 0.2) is 0 Å². The van der Waals surface area contributed by atoms with E-state index in [1.54, 1.807) is 0 Å². The van der Waals surface area contributed by atoms with Crippen LogP contribution in [0.1, 0.15) is 18.4 Å². The summed E-state index contributed by atoms with van der Waals surface area (Å²) in [6, 6.07) is 19.0. The lowest BCUT2D eigenvalue weighted by atomic mass is 10.0. The van der Waals surface area contributed by atoms with Gasteiger partial charge in [-0.05, 0) is 48.7 Å². The first-order chi connectivity index (χ1) is 14.8. The molecule has 0 spiro atoms. The number of aliphatic hydroxyl groups excluding tert-OH is 1. The third kappa shape index (κ3) is 6.25. The minimum absolute atomic E-state index is 0.312. The van der Waals surface area contributed by atoms with Crippen LogP contribution < -0.4 is 20.3 Å². The van der Waals surface area contributed by atoms with Crippen LogP contribution in [0.4, 0.5) is 5.69 Å². The van der Waals surface area contributed by atoms with Gasteiger partial charge >= 0.3 is 0 Å². The third-order valence-corrected chi connectivity index (χ3v) is 6.55.